The average molecular weight is 413 g/mol. The van der Waals surface area contributed by atoms with Crippen molar-refractivity contribution in [3.05, 3.63) is 42.2 Å². The minimum atomic E-state index is 0.0284. The summed E-state index contributed by atoms with van der Waals surface area (Å²) in [5, 5.41) is 12.1. The van der Waals surface area contributed by atoms with Gasteiger partial charge in [-0.25, -0.2) is 9.50 Å². The number of carbonyl (C=O) groups excluding carboxylic acids is 1. The number of nitrogens with zero attached hydrogens (tertiary/aromatic N) is 4. The molecule has 3 heterocycles. The lowest BCUT2D eigenvalue weighted by molar-refractivity contribution is -0.117. The number of piperidine rings is 1. The summed E-state index contributed by atoms with van der Waals surface area (Å²) >= 11 is 1.59. The van der Waals surface area contributed by atoms with Crippen LogP contribution in [0, 0.1) is 0 Å². The Morgan fingerprint density at radius 1 is 1.21 bits per heavy atom. The molecule has 1 aromatic carbocycles. The van der Waals surface area contributed by atoms with Gasteiger partial charge in [0.05, 0.1) is 18.4 Å². The summed E-state index contributed by atoms with van der Waals surface area (Å²) in [5.41, 5.74) is 1.93. The van der Waals surface area contributed by atoms with Crippen molar-refractivity contribution in [1.29, 1.82) is 0 Å². The molecule has 1 fully saturated rings. The van der Waals surface area contributed by atoms with Gasteiger partial charge in [0.15, 0.2) is 0 Å². The Hall–Kier alpha value is -2.45. The molecule has 154 valence electrons. The number of fused-ring (bicyclic) bond motifs is 1. The lowest BCUT2D eigenvalue weighted by Crippen LogP contribution is -2.42. The highest BCUT2D eigenvalue weighted by Gasteiger charge is 2.23. The quantitative estimate of drug-likeness (QED) is 0.670. The van der Waals surface area contributed by atoms with Crippen molar-refractivity contribution in [2.45, 2.75) is 45.1 Å². The van der Waals surface area contributed by atoms with Crippen LogP contribution in [0.3, 0.4) is 0 Å². The monoisotopic (exact) mass is 412 g/mol. The Labute approximate surface area is 175 Å². The van der Waals surface area contributed by atoms with Crippen LogP contribution < -0.4 is 10.6 Å². The molecule has 0 saturated carbocycles. The predicted octanol–water partition coefficient (Wildman–Crippen LogP) is 3.60. The van der Waals surface area contributed by atoms with Gasteiger partial charge in [0.25, 0.3) is 0 Å². The van der Waals surface area contributed by atoms with Crippen molar-refractivity contribution >= 4 is 33.0 Å². The van der Waals surface area contributed by atoms with Gasteiger partial charge in [-0.15, -0.1) is 5.10 Å². The molecule has 2 aromatic heterocycles. The first-order chi connectivity index (χ1) is 13.9. The summed E-state index contributed by atoms with van der Waals surface area (Å²) in [4.78, 5) is 20.1. The minimum Gasteiger partial charge on any atom is -0.357 e. The van der Waals surface area contributed by atoms with Crippen LogP contribution in [0.5, 0.6) is 0 Å². The lowest BCUT2D eigenvalue weighted by atomic mass is 9.93. The number of nitrogens with one attached hydrogen (secondary N) is 2. The summed E-state index contributed by atoms with van der Waals surface area (Å²) in [6.45, 7) is 8.71. The first-order valence-electron chi connectivity index (χ1n) is 10.1. The van der Waals surface area contributed by atoms with E-state index in [0.29, 0.717) is 12.6 Å². The van der Waals surface area contributed by atoms with E-state index >= 15 is 0 Å². The molecule has 0 atom stereocenters. The molecule has 3 aromatic rings. The van der Waals surface area contributed by atoms with Crippen molar-refractivity contribution in [3.63, 3.8) is 0 Å². The first-order valence-corrected chi connectivity index (χ1v) is 10.9. The molecule has 1 aliphatic rings. The van der Waals surface area contributed by atoms with Gasteiger partial charge in [-0.05, 0) is 25.0 Å². The van der Waals surface area contributed by atoms with E-state index in [-0.39, 0.29) is 11.3 Å². The molecule has 0 spiro atoms. The van der Waals surface area contributed by atoms with Crippen molar-refractivity contribution in [2.75, 3.05) is 30.3 Å². The maximum absolute atomic E-state index is 12.2. The Morgan fingerprint density at radius 3 is 2.59 bits per heavy atom. The van der Waals surface area contributed by atoms with Gasteiger partial charge in [-0.2, -0.15) is 0 Å². The third-order valence-electron chi connectivity index (χ3n) is 5.15. The molecule has 0 unspecified atom stereocenters. The fourth-order valence-corrected chi connectivity index (χ4v) is 4.31. The van der Waals surface area contributed by atoms with E-state index in [9.17, 15) is 4.79 Å². The Bertz CT molecular complexity index is 935. The van der Waals surface area contributed by atoms with Crippen LogP contribution in [0.4, 0.5) is 10.8 Å². The number of para-hydroxylation sites is 1. The fourth-order valence-electron chi connectivity index (χ4n) is 3.45. The largest absolute Gasteiger partial charge is 0.357 e. The summed E-state index contributed by atoms with van der Waals surface area (Å²) in [6, 6.07) is 9.98. The van der Waals surface area contributed by atoms with Gasteiger partial charge < -0.3 is 10.6 Å². The van der Waals surface area contributed by atoms with Crippen molar-refractivity contribution in [2.24, 2.45) is 0 Å². The molecule has 29 heavy (non-hydrogen) atoms. The highest BCUT2D eigenvalue weighted by molar-refractivity contribution is 7.20. The standard InChI is InChI=1S/C21H28N6OS/c1-21(2,3)17-13-27-20(24-17)29-19(25-27)23-16-9-11-26(12-10-16)14-18(28)22-15-7-5-4-6-8-15/h4-8,13,16H,9-12,14H2,1-3H3,(H,22,28)(H,23,25). The maximum Gasteiger partial charge on any atom is 0.238 e. The molecule has 1 amide bonds. The topological polar surface area (TPSA) is 74.6 Å². The fraction of sp³-hybridized carbons (Fsp3) is 0.476. The first kappa shape index (κ1) is 19.8. The molecule has 0 bridgehead atoms. The molecule has 1 saturated heterocycles. The second kappa shape index (κ2) is 8.12. The van der Waals surface area contributed by atoms with Gasteiger partial charge in [0.1, 0.15) is 0 Å². The molecular formula is C21H28N6OS. The van der Waals surface area contributed by atoms with Crippen LogP contribution in [0.1, 0.15) is 39.3 Å². The molecular weight excluding hydrogens is 384 g/mol. The van der Waals surface area contributed by atoms with Crippen LogP contribution in [-0.4, -0.2) is 51.1 Å². The number of carbonyl (C=O) groups is 1. The van der Waals surface area contributed by atoms with Crippen LogP contribution in [0.25, 0.3) is 4.96 Å². The number of hydrogen-bond acceptors (Lipinski definition) is 6. The van der Waals surface area contributed by atoms with Crippen molar-refractivity contribution in [1.82, 2.24) is 19.5 Å². The van der Waals surface area contributed by atoms with Gasteiger partial charge in [0, 0.05) is 30.2 Å². The zero-order chi connectivity index (χ0) is 20.4. The van der Waals surface area contributed by atoms with E-state index in [1.165, 1.54) is 0 Å². The SMILES string of the molecule is CC(C)(C)c1cn2nc(NC3CCN(CC(=O)Nc4ccccc4)CC3)sc2n1. The van der Waals surface area contributed by atoms with E-state index in [2.05, 4.69) is 41.4 Å². The number of imidazole rings is 1. The Kier molecular flexibility index (Phi) is 5.56. The molecule has 0 radical (unpaired) electrons. The molecule has 8 heteroatoms. The smallest absolute Gasteiger partial charge is 0.238 e. The molecule has 7 nitrogen and oxygen atoms in total. The molecule has 4 rings (SSSR count). The minimum absolute atomic E-state index is 0.0284. The summed E-state index contributed by atoms with van der Waals surface area (Å²) < 4.78 is 1.87. The average Bonchev–Trinajstić information content (AvgIpc) is 3.23. The highest BCUT2D eigenvalue weighted by Crippen LogP contribution is 2.27. The Morgan fingerprint density at radius 2 is 1.93 bits per heavy atom. The predicted molar refractivity (Wildman–Crippen MR) is 118 cm³/mol. The van der Waals surface area contributed by atoms with Gasteiger partial charge in [-0.1, -0.05) is 50.3 Å². The second-order valence-electron chi connectivity index (χ2n) is 8.62. The van der Waals surface area contributed by atoms with Crippen LogP contribution >= 0.6 is 11.3 Å². The molecule has 1 aliphatic heterocycles. The normalized spacial score (nSPS) is 16.2. The summed E-state index contributed by atoms with van der Waals surface area (Å²) in [5.74, 6) is 0.0402. The van der Waals surface area contributed by atoms with Crippen LogP contribution in [0.2, 0.25) is 0 Å². The third-order valence-corrected chi connectivity index (χ3v) is 6.01. The number of anilines is 2. The van der Waals surface area contributed by atoms with Crippen molar-refractivity contribution in [3.8, 4) is 0 Å². The molecule has 0 aliphatic carbocycles. The van der Waals surface area contributed by atoms with Crippen LogP contribution in [0.15, 0.2) is 36.5 Å². The van der Waals surface area contributed by atoms with E-state index in [0.717, 1.165) is 47.4 Å². The van der Waals surface area contributed by atoms with Gasteiger partial charge in [-0.3, -0.25) is 9.69 Å². The van der Waals surface area contributed by atoms with Crippen molar-refractivity contribution < 1.29 is 4.79 Å². The summed E-state index contributed by atoms with van der Waals surface area (Å²) in [7, 11) is 0. The van der Waals surface area contributed by atoms with E-state index in [1.54, 1.807) is 11.3 Å². The van der Waals surface area contributed by atoms with Gasteiger partial charge >= 0.3 is 0 Å². The number of benzene rings is 1. The lowest BCUT2D eigenvalue weighted by Gasteiger charge is -2.31. The second-order valence-corrected chi connectivity index (χ2v) is 9.58. The maximum atomic E-state index is 12.2. The summed E-state index contributed by atoms with van der Waals surface area (Å²) in [6.07, 6.45) is 4.01. The number of rotatable bonds is 5. The van der Waals surface area contributed by atoms with Gasteiger partial charge in [0.2, 0.25) is 16.0 Å². The number of hydrogen-bond donors (Lipinski definition) is 2. The zero-order valence-electron chi connectivity index (χ0n) is 17.2. The van der Waals surface area contributed by atoms with E-state index in [4.69, 9.17) is 4.98 Å². The number of likely N-dealkylation sites (tertiary alicyclic amines) is 1. The van der Waals surface area contributed by atoms with E-state index in [1.807, 2.05) is 41.0 Å². The number of amides is 1. The highest BCUT2D eigenvalue weighted by atomic mass is 32.1. The zero-order valence-corrected chi connectivity index (χ0v) is 18.0. The molecule has 2 N–H and O–H groups in total. The Balaban J connectivity index is 1.26. The third kappa shape index (κ3) is 4.94. The van der Waals surface area contributed by atoms with Crippen LogP contribution in [-0.2, 0) is 10.2 Å². The van der Waals surface area contributed by atoms with E-state index < -0.39 is 0 Å². The number of aromatic nitrogens is 3.